The van der Waals surface area contributed by atoms with E-state index >= 15 is 0 Å². The number of carbonyl (C=O) groups is 1. The van der Waals surface area contributed by atoms with Gasteiger partial charge in [-0.2, -0.15) is 0 Å². The lowest BCUT2D eigenvalue weighted by Gasteiger charge is -2.23. The second-order valence-electron chi connectivity index (χ2n) is 3.98. The first-order valence-corrected chi connectivity index (χ1v) is 5.64. The highest BCUT2D eigenvalue weighted by Gasteiger charge is 2.28. The van der Waals surface area contributed by atoms with Gasteiger partial charge in [0.2, 0.25) is 6.79 Å². The second kappa shape index (κ2) is 5.24. The Kier molecular flexibility index (Phi) is 3.69. The Hall–Kier alpha value is -1.79. The van der Waals surface area contributed by atoms with E-state index in [9.17, 15) is 9.90 Å². The van der Waals surface area contributed by atoms with Crippen LogP contribution < -0.4 is 20.1 Å². The molecule has 1 aliphatic heterocycles. The van der Waals surface area contributed by atoms with E-state index in [2.05, 4.69) is 10.6 Å². The molecule has 0 saturated carbocycles. The van der Waals surface area contributed by atoms with Gasteiger partial charge in [-0.1, -0.05) is 6.07 Å². The maximum atomic E-state index is 11.2. The molecule has 6 heteroatoms. The van der Waals surface area contributed by atoms with Gasteiger partial charge in [-0.15, -0.1) is 0 Å². The van der Waals surface area contributed by atoms with Gasteiger partial charge in [-0.25, -0.2) is 0 Å². The largest absolute Gasteiger partial charge is 0.480 e. The van der Waals surface area contributed by atoms with Crippen molar-refractivity contribution in [3.8, 4) is 11.5 Å². The van der Waals surface area contributed by atoms with Crippen molar-refractivity contribution in [3.05, 3.63) is 23.8 Å². The van der Waals surface area contributed by atoms with E-state index in [0.29, 0.717) is 11.5 Å². The first-order chi connectivity index (χ1) is 8.67. The zero-order valence-electron chi connectivity index (χ0n) is 10.3. The number of hydrogen-bond donors (Lipinski definition) is 3. The summed E-state index contributed by atoms with van der Waals surface area (Å²) in [6, 6.07) is 4.37. The fraction of sp³-hybridized carbons (Fsp3) is 0.417. The van der Waals surface area contributed by atoms with Crippen LogP contribution in [0.5, 0.6) is 11.5 Å². The van der Waals surface area contributed by atoms with Gasteiger partial charge in [0.25, 0.3) is 0 Å². The molecule has 2 unspecified atom stereocenters. The van der Waals surface area contributed by atoms with Crippen molar-refractivity contribution >= 4 is 5.97 Å². The molecule has 98 valence electrons. The number of aliphatic carboxylic acids is 1. The number of rotatable bonds is 5. The average Bonchev–Trinajstić information content (AvgIpc) is 2.82. The molecule has 6 nitrogen and oxygen atoms in total. The van der Waals surface area contributed by atoms with E-state index in [1.165, 1.54) is 0 Å². The summed E-state index contributed by atoms with van der Waals surface area (Å²) in [5.74, 6) is 0.424. The molecule has 2 rings (SSSR count). The highest BCUT2D eigenvalue weighted by Crippen LogP contribution is 2.34. The van der Waals surface area contributed by atoms with Crippen molar-refractivity contribution < 1.29 is 19.4 Å². The molecule has 0 saturated heterocycles. The van der Waals surface area contributed by atoms with Crippen LogP contribution in [0.2, 0.25) is 0 Å². The van der Waals surface area contributed by atoms with Gasteiger partial charge < -0.3 is 25.2 Å². The summed E-state index contributed by atoms with van der Waals surface area (Å²) in [6.45, 7) is 0.206. The smallest absolute Gasteiger partial charge is 0.322 e. The van der Waals surface area contributed by atoms with E-state index in [0.717, 1.165) is 5.56 Å². The molecule has 1 heterocycles. The number of hydrogen-bond acceptors (Lipinski definition) is 5. The molecule has 1 aliphatic rings. The predicted octanol–water partition coefficient (Wildman–Crippen LogP) is 0.348. The van der Waals surface area contributed by atoms with Gasteiger partial charge in [-0.05, 0) is 31.8 Å². The van der Waals surface area contributed by atoms with Crippen molar-refractivity contribution in [1.29, 1.82) is 0 Å². The van der Waals surface area contributed by atoms with Crippen LogP contribution in [0.25, 0.3) is 0 Å². The molecular formula is C12H16N2O4. The number of nitrogens with one attached hydrogen (secondary N) is 2. The van der Waals surface area contributed by atoms with Gasteiger partial charge in [-0.3, -0.25) is 4.79 Å². The van der Waals surface area contributed by atoms with Crippen LogP contribution in [0.1, 0.15) is 11.6 Å². The number of likely N-dealkylation sites (N-methyl/N-ethyl adjacent to an activating group) is 2. The summed E-state index contributed by atoms with van der Waals surface area (Å²) in [4.78, 5) is 11.2. The maximum absolute atomic E-state index is 11.2. The molecule has 18 heavy (non-hydrogen) atoms. The van der Waals surface area contributed by atoms with Crippen LogP contribution in [0.3, 0.4) is 0 Å². The minimum absolute atomic E-state index is 0.206. The molecule has 0 amide bonds. The van der Waals surface area contributed by atoms with Gasteiger partial charge in [0.05, 0.1) is 6.04 Å². The summed E-state index contributed by atoms with van der Waals surface area (Å²) in [7, 11) is 3.35. The van der Waals surface area contributed by atoms with E-state index in [1.807, 2.05) is 6.07 Å². The summed E-state index contributed by atoms with van der Waals surface area (Å²) in [5, 5.41) is 15.0. The summed E-state index contributed by atoms with van der Waals surface area (Å²) >= 11 is 0. The first kappa shape index (κ1) is 12.7. The summed E-state index contributed by atoms with van der Waals surface area (Å²) in [5.41, 5.74) is 0.837. The third kappa shape index (κ3) is 2.25. The molecule has 0 spiro atoms. The lowest BCUT2D eigenvalue weighted by Crippen LogP contribution is -2.44. The minimum atomic E-state index is -0.908. The molecule has 0 aliphatic carbocycles. The highest BCUT2D eigenvalue weighted by atomic mass is 16.7. The van der Waals surface area contributed by atoms with Crippen LogP contribution in [0.15, 0.2) is 18.2 Å². The Balaban J connectivity index is 2.29. The number of ether oxygens (including phenoxy) is 2. The Morgan fingerprint density at radius 2 is 2.00 bits per heavy atom. The minimum Gasteiger partial charge on any atom is -0.480 e. The SMILES string of the molecule is CNC(C(=O)O)C(NC)c1ccc2c(c1)OCO2. The molecule has 0 radical (unpaired) electrons. The van der Waals surface area contributed by atoms with Crippen molar-refractivity contribution in [2.45, 2.75) is 12.1 Å². The lowest BCUT2D eigenvalue weighted by atomic mass is 9.99. The highest BCUT2D eigenvalue weighted by molar-refractivity contribution is 5.75. The molecule has 2 atom stereocenters. The van der Waals surface area contributed by atoms with E-state index in [1.54, 1.807) is 26.2 Å². The summed E-state index contributed by atoms with van der Waals surface area (Å²) < 4.78 is 10.5. The van der Waals surface area contributed by atoms with Gasteiger partial charge in [0.1, 0.15) is 6.04 Å². The Bertz CT molecular complexity index is 450. The third-order valence-electron chi connectivity index (χ3n) is 2.98. The Morgan fingerprint density at radius 1 is 1.28 bits per heavy atom. The van der Waals surface area contributed by atoms with Gasteiger partial charge in [0.15, 0.2) is 11.5 Å². The first-order valence-electron chi connectivity index (χ1n) is 5.64. The monoisotopic (exact) mass is 252 g/mol. The van der Waals surface area contributed by atoms with Crippen LogP contribution in [-0.2, 0) is 4.79 Å². The third-order valence-corrected chi connectivity index (χ3v) is 2.98. The van der Waals surface area contributed by atoms with E-state index in [4.69, 9.17) is 9.47 Å². The average molecular weight is 252 g/mol. The molecule has 1 aromatic rings. The van der Waals surface area contributed by atoms with Crippen molar-refractivity contribution in [2.24, 2.45) is 0 Å². The van der Waals surface area contributed by atoms with Crippen molar-refractivity contribution in [3.63, 3.8) is 0 Å². The molecular weight excluding hydrogens is 236 g/mol. The fourth-order valence-electron chi connectivity index (χ4n) is 2.07. The van der Waals surface area contributed by atoms with Crippen LogP contribution in [-0.4, -0.2) is 38.0 Å². The Labute approximate surface area is 105 Å². The second-order valence-corrected chi connectivity index (χ2v) is 3.98. The predicted molar refractivity (Wildman–Crippen MR) is 64.8 cm³/mol. The molecule has 1 aromatic carbocycles. The van der Waals surface area contributed by atoms with E-state index in [-0.39, 0.29) is 12.8 Å². The topological polar surface area (TPSA) is 79.8 Å². The van der Waals surface area contributed by atoms with Crippen LogP contribution >= 0.6 is 0 Å². The fourth-order valence-corrected chi connectivity index (χ4v) is 2.07. The number of carboxylic acids is 1. The number of fused-ring (bicyclic) bond motifs is 1. The summed E-state index contributed by atoms with van der Waals surface area (Å²) in [6.07, 6.45) is 0. The quantitative estimate of drug-likeness (QED) is 0.701. The maximum Gasteiger partial charge on any atom is 0.322 e. The Morgan fingerprint density at radius 3 is 2.61 bits per heavy atom. The molecule has 0 bridgehead atoms. The van der Waals surface area contributed by atoms with Crippen LogP contribution in [0.4, 0.5) is 0 Å². The standard InChI is InChI=1S/C12H16N2O4/c1-13-10(11(14-2)12(15)16)7-3-4-8-9(5-7)18-6-17-8/h3-5,10-11,13-14H,6H2,1-2H3,(H,15,16). The lowest BCUT2D eigenvalue weighted by molar-refractivity contribution is -0.140. The zero-order valence-corrected chi connectivity index (χ0v) is 10.3. The van der Waals surface area contributed by atoms with Crippen molar-refractivity contribution in [2.75, 3.05) is 20.9 Å². The molecule has 0 fully saturated rings. The normalized spacial score (nSPS) is 16.3. The number of benzene rings is 1. The van der Waals surface area contributed by atoms with Gasteiger partial charge >= 0.3 is 5.97 Å². The van der Waals surface area contributed by atoms with Crippen molar-refractivity contribution in [1.82, 2.24) is 10.6 Å². The molecule has 0 aromatic heterocycles. The van der Waals surface area contributed by atoms with Gasteiger partial charge in [0, 0.05) is 0 Å². The number of carboxylic acid groups (broad SMARTS) is 1. The molecule has 3 N–H and O–H groups in total. The van der Waals surface area contributed by atoms with Crippen LogP contribution in [0, 0.1) is 0 Å². The van der Waals surface area contributed by atoms with E-state index < -0.39 is 12.0 Å². The zero-order chi connectivity index (χ0) is 13.1.